The van der Waals surface area contributed by atoms with Gasteiger partial charge in [0.1, 0.15) is 0 Å². The average Bonchev–Trinajstić information content (AvgIpc) is 2.49. The molecule has 1 heterocycles. The molecule has 0 N–H and O–H groups in total. The summed E-state index contributed by atoms with van der Waals surface area (Å²) in [7, 11) is 2.06. The van der Waals surface area contributed by atoms with Crippen molar-refractivity contribution in [3.63, 3.8) is 0 Å². The number of benzene rings is 1. The molecular formula is C17H20N2O. The fourth-order valence-corrected chi connectivity index (χ4v) is 2.13. The summed E-state index contributed by atoms with van der Waals surface area (Å²) in [5.74, 6) is 0.219. The van der Waals surface area contributed by atoms with E-state index in [9.17, 15) is 4.79 Å². The van der Waals surface area contributed by atoms with Crippen LogP contribution in [0.3, 0.4) is 0 Å². The summed E-state index contributed by atoms with van der Waals surface area (Å²) in [4.78, 5) is 18.4. The van der Waals surface area contributed by atoms with Crippen molar-refractivity contribution in [3.05, 3.63) is 66.0 Å². The van der Waals surface area contributed by atoms with E-state index in [0.717, 1.165) is 30.8 Å². The number of Topliss-reactive ketones (excluding diaryl/α,β-unsaturated/α-hetero) is 1. The zero-order chi connectivity index (χ0) is 14.2. The smallest absolute Gasteiger partial charge is 0.162 e. The number of carbonyl (C=O) groups is 1. The van der Waals surface area contributed by atoms with Crippen LogP contribution in [0.15, 0.2) is 54.7 Å². The summed E-state index contributed by atoms with van der Waals surface area (Å²) in [6, 6.07) is 15.4. The van der Waals surface area contributed by atoms with Crippen LogP contribution in [-0.2, 0) is 6.54 Å². The van der Waals surface area contributed by atoms with E-state index >= 15 is 0 Å². The van der Waals surface area contributed by atoms with Gasteiger partial charge in [-0.2, -0.15) is 0 Å². The van der Waals surface area contributed by atoms with E-state index in [1.807, 2.05) is 54.7 Å². The summed E-state index contributed by atoms with van der Waals surface area (Å²) < 4.78 is 0. The Labute approximate surface area is 120 Å². The molecule has 0 spiro atoms. The van der Waals surface area contributed by atoms with Gasteiger partial charge in [0.15, 0.2) is 5.78 Å². The first-order valence-corrected chi connectivity index (χ1v) is 6.92. The molecule has 0 aliphatic rings. The number of carbonyl (C=O) groups excluding carboxylic acids is 1. The Morgan fingerprint density at radius 2 is 1.85 bits per heavy atom. The van der Waals surface area contributed by atoms with Crippen LogP contribution in [0.5, 0.6) is 0 Å². The molecule has 3 nitrogen and oxygen atoms in total. The Kier molecular flexibility index (Phi) is 5.44. The third-order valence-corrected chi connectivity index (χ3v) is 3.20. The number of rotatable bonds is 7. The predicted octanol–water partition coefficient (Wildman–Crippen LogP) is 3.18. The van der Waals surface area contributed by atoms with Crippen LogP contribution in [0.25, 0.3) is 0 Å². The van der Waals surface area contributed by atoms with Crippen LogP contribution >= 0.6 is 0 Å². The Morgan fingerprint density at radius 3 is 2.55 bits per heavy atom. The van der Waals surface area contributed by atoms with Gasteiger partial charge in [0.05, 0.1) is 5.69 Å². The summed E-state index contributed by atoms with van der Waals surface area (Å²) in [6.07, 6.45) is 3.27. The Hall–Kier alpha value is -2.00. The molecule has 2 rings (SSSR count). The zero-order valence-corrected chi connectivity index (χ0v) is 11.8. The van der Waals surface area contributed by atoms with Crippen molar-refractivity contribution in [2.24, 2.45) is 0 Å². The van der Waals surface area contributed by atoms with Gasteiger partial charge in [-0.1, -0.05) is 36.4 Å². The SMILES string of the molecule is CN(CCCC(=O)c1ccccc1)Cc1ccccn1. The second-order valence-electron chi connectivity index (χ2n) is 4.95. The number of aromatic nitrogens is 1. The lowest BCUT2D eigenvalue weighted by Gasteiger charge is -2.15. The molecular weight excluding hydrogens is 248 g/mol. The molecule has 0 saturated heterocycles. The zero-order valence-electron chi connectivity index (χ0n) is 11.8. The molecule has 0 bridgehead atoms. The molecule has 20 heavy (non-hydrogen) atoms. The van der Waals surface area contributed by atoms with Crippen LogP contribution in [0.2, 0.25) is 0 Å². The molecule has 3 heteroatoms. The highest BCUT2D eigenvalue weighted by Gasteiger charge is 2.06. The second kappa shape index (κ2) is 7.56. The fourth-order valence-electron chi connectivity index (χ4n) is 2.13. The third kappa shape index (κ3) is 4.59. The van der Waals surface area contributed by atoms with Gasteiger partial charge >= 0.3 is 0 Å². The molecule has 0 atom stereocenters. The minimum absolute atomic E-state index is 0.219. The van der Waals surface area contributed by atoms with Gasteiger partial charge in [0.2, 0.25) is 0 Å². The number of ketones is 1. The van der Waals surface area contributed by atoms with E-state index in [1.54, 1.807) is 0 Å². The first-order valence-electron chi connectivity index (χ1n) is 6.92. The Bertz CT molecular complexity index is 525. The first-order chi connectivity index (χ1) is 9.75. The summed E-state index contributed by atoms with van der Waals surface area (Å²) in [5.41, 5.74) is 1.87. The number of hydrogen-bond acceptors (Lipinski definition) is 3. The normalized spacial score (nSPS) is 10.7. The van der Waals surface area contributed by atoms with Gasteiger partial charge in [-0.25, -0.2) is 0 Å². The summed E-state index contributed by atoms with van der Waals surface area (Å²) >= 11 is 0. The Morgan fingerprint density at radius 1 is 1.10 bits per heavy atom. The van der Waals surface area contributed by atoms with E-state index < -0.39 is 0 Å². The second-order valence-corrected chi connectivity index (χ2v) is 4.95. The number of pyridine rings is 1. The maximum absolute atomic E-state index is 12.0. The maximum atomic E-state index is 12.0. The van der Waals surface area contributed by atoms with Crippen LogP contribution in [0, 0.1) is 0 Å². The van der Waals surface area contributed by atoms with E-state index in [1.165, 1.54) is 0 Å². The largest absolute Gasteiger partial charge is 0.301 e. The van der Waals surface area contributed by atoms with Crippen molar-refractivity contribution in [1.82, 2.24) is 9.88 Å². The number of hydrogen-bond donors (Lipinski definition) is 0. The standard InChI is InChI=1S/C17H20N2O/c1-19(14-16-10-5-6-12-18-16)13-7-11-17(20)15-8-3-2-4-9-15/h2-6,8-10,12H,7,11,13-14H2,1H3. The van der Waals surface area contributed by atoms with Crippen molar-refractivity contribution in [2.75, 3.05) is 13.6 Å². The maximum Gasteiger partial charge on any atom is 0.162 e. The lowest BCUT2D eigenvalue weighted by molar-refractivity contribution is 0.0976. The van der Waals surface area contributed by atoms with E-state index in [0.29, 0.717) is 6.42 Å². The summed E-state index contributed by atoms with van der Waals surface area (Å²) in [5, 5.41) is 0. The predicted molar refractivity (Wildman–Crippen MR) is 80.6 cm³/mol. The highest BCUT2D eigenvalue weighted by molar-refractivity contribution is 5.95. The third-order valence-electron chi connectivity index (χ3n) is 3.20. The molecule has 0 saturated carbocycles. The highest BCUT2D eigenvalue weighted by Crippen LogP contribution is 2.06. The van der Waals surface area contributed by atoms with Gasteiger partial charge in [-0.05, 0) is 32.1 Å². The fraction of sp³-hybridized carbons (Fsp3) is 0.294. The van der Waals surface area contributed by atoms with Gasteiger partial charge in [-0.15, -0.1) is 0 Å². The van der Waals surface area contributed by atoms with E-state index in [-0.39, 0.29) is 5.78 Å². The van der Waals surface area contributed by atoms with Gasteiger partial charge in [0, 0.05) is 24.7 Å². The van der Waals surface area contributed by atoms with Crippen molar-refractivity contribution in [3.8, 4) is 0 Å². The molecule has 0 fully saturated rings. The van der Waals surface area contributed by atoms with Crippen LogP contribution in [-0.4, -0.2) is 29.3 Å². The van der Waals surface area contributed by atoms with Crippen LogP contribution < -0.4 is 0 Å². The highest BCUT2D eigenvalue weighted by atomic mass is 16.1. The topological polar surface area (TPSA) is 33.2 Å². The minimum Gasteiger partial charge on any atom is -0.301 e. The molecule has 0 unspecified atom stereocenters. The quantitative estimate of drug-likeness (QED) is 0.723. The molecule has 0 aliphatic carbocycles. The Balaban J connectivity index is 1.72. The molecule has 1 aromatic heterocycles. The first kappa shape index (κ1) is 14.4. The van der Waals surface area contributed by atoms with Crippen LogP contribution in [0.4, 0.5) is 0 Å². The molecule has 104 valence electrons. The molecule has 2 aromatic rings. The van der Waals surface area contributed by atoms with Gasteiger partial charge in [-0.3, -0.25) is 9.78 Å². The lowest BCUT2D eigenvalue weighted by atomic mass is 10.1. The molecule has 0 radical (unpaired) electrons. The monoisotopic (exact) mass is 268 g/mol. The number of nitrogens with zero attached hydrogens (tertiary/aromatic N) is 2. The van der Waals surface area contributed by atoms with E-state index in [4.69, 9.17) is 0 Å². The lowest BCUT2D eigenvalue weighted by Crippen LogP contribution is -2.20. The summed E-state index contributed by atoms with van der Waals surface area (Å²) in [6.45, 7) is 1.72. The van der Waals surface area contributed by atoms with Crippen molar-refractivity contribution < 1.29 is 4.79 Å². The van der Waals surface area contributed by atoms with Crippen molar-refractivity contribution in [2.45, 2.75) is 19.4 Å². The van der Waals surface area contributed by atoms with Gasteiger partial charge in [0.25, 0.3) is 0 Å². The van der Waals surface area contributed by atoms with Gasteiger partial charge < -0.3 is 4.90 Å². The van der Waals surface area contributed by atoms with Crippen molar-refractivity contribution >= 4 is 5.78 Å². The molecule has 1 aromatic carbocycles. The minimum atomic E-state index is 0.219. The van der Waals surface area contributed by atoms with Crippen LogP contribution in [0.1, 0.15) is 28.9 Å². The van der Waals surface area contributed by atoms with Crippen molar-refractivity contribution in [1.29, 1.82) is 0 Å². The molecule has 0 aliphatic heterocycles. The average molecular weight is 268 g/mol. The van der Waals surface area contributed by atoms with E-state index in [2.05, 4.69) is 16.9 Å². The molecule has 0 amide bonds.